The van der Waals surface area contributed by atoms with Crippen molar-refractivity contribution in [3.05, 3.63) is 82.3 Å². The molecule has 0 spiro atoms. The summed E-state index contributed by atoms with van der Waals surface area (Å²) in [5.41, 5.74) is 3.29. The van der Waals surface area contributed by atoms with Crippen LogP contribution in [0.15, 0.2) is 66.2 Å². The number of carbonyl (C=O) groups is 1. The van der Waals surface area contributed by atoms with E-state index in [1.54, 1.807) is 17.5 Å². The minimum Gasteiger partial charge on any atom is -0.360 e. The lowest BCUT2D eigenvalue weighted by Crippen LogP contribution is -2.42. The second-order valence-corrected chi connectivity index (χ2v) is 7.76. The SMILES string of the molecule is Cc1ccc(N(CC(=O)NC(c2ccccc2)c2nccs2)C(C)C)cc1. The van der Waals surface area contributed by atoms with Crippen LogP contribution in [0.1, 0.15) is 36.0 Å². The molecule has 1 heterocycles. The zero-order valence-corrected chi connectivity index (χ0v) is 16.7. The molecule has 1 aromatic heterocycles. The molecule has 4 nitrogen and oxygen atoms in total. The Kier molecular flexibility index (Phi) is 6.24. The highest BCUT2D eigenvalue weighted by atomic mass is 32.1. The van der Waals surface area contributed by atoms with Gasteiger partial charge in [-0.05, 0) is 38.5 Å². The Labute approximate surface area is 164 Å². The van der Waals surface area contributed by atoms with Crippen molar-refractivity contribution in [3.8, 4) is 0 Å². The first-order valence-electron chi connectivity index (χ1n) is 9.11. The number of nitrogens with one attached hydrogen (secondary N) is 1. The van der Waals surface area contributed by atoms with Crippen molar-refractivity contribution < 1.29 is 4.79 Å². The van der Waals surface area contributed by atoms with Crippen molar-refractivity contribution in [2.75, 3.05) is 11.4 Å². The van der Waals surface area contributed by atoms with Crippen LogP contribution >= 0.6 is 11.3 Å². The van der Waals surface area contributed by atoms with E-state index in [1.165, 1.54) is 5.56 Å². The van der Waals surface area contributed by atoms with Crippen LogP contribution < -0.4 is 10.2 Å². The summed E-state index contributed by atoms with van der Waals surface area (Å²) in [7, 11) is 0. The predicted octanol–water partition coefficient (Wildman–Crippen LogP) is 4.57. The third-order valence-electron chi connectivity index (χ3n) is 4.44. The number of hydrogen-bond donors (Lipinski definition) is 1. The van der Waals surface area contributed by atoms with Crippen molar-refractivity contribution in [1.82, 2.24) is 10.3 Å². The van der Waals surface area contributed by atoms with E-state index in [0.717, 1.165) is 16.3 Å². The molecule has 1 N–H and O–H groups in total. The van der Waals surface area contributed by atoms with Crippen LogP contribution in [0.4, 0.5) is 5.69 Å². The first kappa shape index (κ1) is 19.1. The zero-order valence-electron chi connectivity index (χ0n) is 15.9. The first-order chi connectivity index (χ1) is 13.0. The Balaban J connectivity index is 1.78. The van der Waals surface area contributed by atoms with Crippen molar-refractivity contribution in [3.63, 3.8) is 0 Å². The smallest absolute Gasteiger partial charge is 0.240 e. The average molecular weight is 380 g/mol. The number of benzene rings is 2. The maximum atomic E-state index is 12.9. The van der Waals surface area contributed by atoms with Gasteiger partial charge in [0, 0.05) is 23.3 Å². The molecule has 0 saturated heterocycles. The van der Waals surface area contributed by atoms with Gasteiger partial charge in [-0.25, -0.2) is 4.98 Å². The topological polar surface area (TPSA) is 45.2 Å². The minimum absolute atomic E-state index is 0.0201. The Morgan fingerprint density at radius 2 is 1.81 bits per heavy atom. The van der Waals surface area contributed by atoms with Crippen molar-refractivity contribution in [2.45, 2.75) is 32.9 Å². The van der Waals surface area contributed by atoms with Crippen LogP contribution in [-0.2, 0) is 4.79 Å². The van der Waals surface area contributed by atoms with Gasteiger partial charge in [0.05, 0.1) is 6.54 Å². The van der Waals surface area contributed by atoms with Crippen LogP contribution in [0.2, 0.25) is 0 Å². The monoisotopic (exact) mass is 379 g/mol. The van der Waals surface area contributed by atoms with Crippen LogP contribution in [0.3, 0.4) is 0 Å². The number of aryl methyl sites for hydroxylation is 1. The fourth-order valence-electron chi connectivity index (χ4n) is 2.98. The third kappa shape index (κ3) is 4.95. The lowest BCUT2D eigenvalue weighted by atomic mass is 10.1. The number of rotatable bonds is 7. The molecule has 0 bridgehead atoms. The van der Waals surface area contributed by atoms with Crippen molar-refractivity contribution in [1.29, 1.82) is 0 Å². The highest BCUT2D eigenvalue weighted by Crippen LogP contribution is 2.24. The van der Waals surface area contributed by atoms with Crippen LogP contribution in [0, 0.1) is 6.92 Å². The fraction of sp³-hybridized carbons (Fsp3) is 0.273. The molecule has 0 fully saturated rings. The van der Waals surface area contributed by atoms with Crippen LogP contribution in [-0.4, -0.2) is 23.5 Å². The number of nitrogens with zero attached hydrogens (tertiary/aromatic N) is 2. The quantitative estimate of drug-likeness (QED) is 0.654. The molecule has 27 heavy (non-hydrogen) atoms. The van der Waals surface area contributed by atoms with Gasteiger partial charge in [0.15, 0.2) is 0 Å². The fourth-order valence-corrected chi connectivity index (χ4v) is 3.69. The van der Waals surface area contributed by atoms with Gasteiger partial charge in [-0.2, -0.15) is 0 Å². The number of anilines is 1. The van der Waals surface area contributed by atoms with E-state index in [4.69, 9.17) is 0 Å². The van der Waals surface area contributed by atoms with Gasteiger partial charge >= 0.3 is 0 Å². The molecule has 0 saturated carbocycles. The number of hydrogen-bond acceptors (Lipinski definition) is 4. The highest BCUT2D eigenvalue weighted by Gasteiger charge is 2.21. The molecule has 1 atom stereocenters. The van der Waals surface area contributed by atoms with E-state index in [2.05, 4.69) is 60.2 Å². The molecule has 3 rings (SSSR count). The molecule has 0 aliphatic carbocycles. The molecule has 2 aromatic carbocycles. The first-order valence-corrected chi connectivity index (χ1v) is 9.99. The maximum absolute atomic E-state index is 12.9. The third-order valence-corrected chi connectivity index (χ3v) is 5.28. The number of aromatic nitrogens is 1. The lowest BCUT2D eigenvalue weighted by molar-refractivity contribution is -0.120. The Hall–Kier alpha value is -2.66. The summed E-state index contributed by atoms with van der Waals surface area (Å²) in [4.78, 5) is 19.4. The van der Waals surface area contributed by atoms with E-state index >= 15 is 0 Å². The van der Waals surface area contributed by atoms with Gasteiger partial charge in [-0.1, -0.05) is 48.0 Å². The molecule has 0 aliphatic heterocycles. The lowest BCUT2D eigenvalue weighted by Gasteiger charge is -2.29. The van der Waals surface area contributed by atoms with E-state index in [0.29, 0.717) is 6.54 Å². The van der Waals surface area contributed by atoms with Crippen molar-refractivity contribution in [2.24, 2.45) is 0 Å². The summed E-state index contributed by atoms with van der Waals surface area (Å²) < 4.78 is 0. The molecule has 5 heteroatoms. The molecule has 1 unspecified atom stereocenters. The van der Waals surface area contributed by atoms with E-state index in [-0.39, 0.29) is 18.0 Å². The van der Waals surface area contributed by atoms with Gasteiger partial charge < -0.3 is 10.2 Å². The molecular weight excluding hydrogens is 354 g/mol. The second kappa shape index (κ2) is 8.82. The average Bonchev–Trinajstić information content (AvgIpc) is 3.20. The normalized spacial score (nSPS) is 12.0. The summed E-state index contributed by atoms with van der Waals surface area (Å²) in [6, 6.07) is 18.2. The van der Waals surface area contributed by atoms with Crippen molar-refractivity contribution >= 4 is 22.9 Å². The standard InChI is InChI=1S/C22H25N3OS/c1-16(2)25(19-11-9-17(3)10-12-19)15-20(26)24-21(22-23-13-14-27-22)18-7-5-4-6-8-18/h4-14,16,21H,15H2,1-3H3,(H,24,26). The maximum Gasteiger partial charge on any atom is 0.240 e. The molecular formula is C22H25N3OS. The van der Waals surface area contributed by atoms with Crippen LogP contribution in [0.5, 0.6) is 0 Å². The van der Waals surface area contributed by atoms with Crippen LogP contribution in [0.25, 0.3) is 0 Å². The summed E-state index contributed by atoms with van der Waals surface area (Å²) in [5.74, 6) is -0.0201. The van der Waals surface area contributed by atoms with Gasteiger partial charge in [0.2, 0.25) is 5.91 Å². The minimum atomic E-state index is -0.231. The van der Waals surface area contributed by atoms with Gasteiger partial charge in [0.1, 0.15) is 11.0 Å². The van der Waals surface area contributed by atoms with E-state index in [9.17, 15) is 4.79 Å². The Morgan fingerprint density at radius 1 is 1.11 bits per heavy atom. The van der Waals surface area contributed by atoms with E-state index in [1.807, 2.05) is 35.7 Å². The molecule has 1 amide bonds. The molecule has 0 radical (unpaired) electrons. The molecule has 140 valence electrons. The second-order valence-electron chi connectivity index (χ2n) is 6.84. The zero-order chi connectivity index (χ0) is 19.2. The summed E-state index contributed by atoms with van der Waals surface area (Å²) >= 11 is 1.55. The predicted molar refractivity (Wildman–Crippen MR) is 112 cm³/mol. The van der Waals surface area contributed by atoms with Gasteiger partial charge in [-0.3, -0.25) is 4.79 Å². The van der Waals surface area contributed by atoms with Gasteiger partial charge in [0.25, 0.3) is 0 Å². The number of carbonyl (C=O) groups excluding carboxylic acids is 1. The highest BCUT2D eigenvalue weighted by molar-refractivity contribution is 7.09. The summed E-state index contributed by atoms with van der Waals surface area (Å²) in [5, 5.41) is 5.99. The summed E-state index contributed by atoms with van der Waals surface area (Å²) in [6.45, 7) is 6.56. The molecule has 0 aliphatic rings. The summed E-state index contributed by atoms with van der Waals surface area (Å²) in [6.07, 6.45) is 1.77. The Morgan fingerprint density at radius 3 is 2.41 bits per heavy atom. The number of amides is 1. The molecule has 3 aromatic rings. The van der Waals surface area contributed by atoms with E-state index < -0.39 is 0 Å². The number of thiazole rings is 1. The largest absolute Gasteiger partial charge is 0.360 e. The Bertz CT molecular complexity index is 845. The van der Waals surface area contributed by atoms with Gasteiger partial charge in [-0.15, -0.1) is 11.3 Å².